The van der Waals surface area contributed by atoms with Crippen molar-refractivity contribution < 1.29 is 22.7 Å². The molecule has 1 amide bonds. The lowest BCUT2D eigenvalue weighted by Gasteiger charge is -2.36. The summed E-state index contributed by atoms with van der Waals surface area (Å²) in [5, 5.41) is 3.12. The van der Waals surface area contributed by atoms with E-state index in [0.29, 0.717) is 44.2 Å². The van der Waals surface area contributed by atoms with Crippen LogP contribution in [0.25, 0.3) is 5.57 Å². The second kappa shape index (κ2) is 13.6. The molecule has 1 aliphatic rings. The number of halogens is 5. The van der Waals surface area contributed by atoms with E-state index in [0.717, 1.165) is 10.4 Å². The Balaban J connectivity index is 2.21. The van der Waals surface area contributed by atoms with Crippen LogP contribution in [0.1, 0.15) is 18.3 Å². The van der Waals surface area contributed by atoms with Crippen LogP contribution in [0.2, 0.25) is 5.02 Å². The van der Waals surface area contributed by atoms with Gasteiger partial charge in [-0.25, -0.2) is 0 Å². The van der Waals surface area contributed by atoms with Crippen LogP contribution in [0, 0.1) is 0 Å². The van der Waals surface area contributed by atoms with E-state index in [4.69, 9.17) is 27.9 Å². The number of carbonyl (C=O) groups excluding carboxylic acids is 1. The van der Waals surface area contributed by atoms with Gasteiger partial charge >= 0.3 is 6.18 Å². The van der Waals surface area contributed by atoms with Crippen molar-refractivity contribution >= 4 is 34.7 Å². The molecule has 0 radical (unpaired) electrons. The minimum Gasteiger partial charge on any atom is -0.381 e. The fraction of sp³-hybridized carbons (Fsp3) is 0.417. The summed E-state index contributed by atoms with van der Waals surface area (Å²) in [6, 6.07) is 0. The second-order valence-electron chi connectivity index (χ2n) is 7.65. The quantitative estimate of drug-likeness (QED) is 0.308. The first-order valence-electron chi connectivity index (χ1n) is 10.9. The number of amides is 1. The molecule has 0 aromatic carbocycles. The van der Waals surface area contributed by atoms with Crippen molar-refractivity contribution in [2.24, 2.45) is 0 Å². The maximum Gasteiger partial charge on any atom is 0.436 e. The molecule has 2 heterocycles. The molecule has 0 spiro atoms. The number of rotatable bonds is 10. The molecule has 0 atom stereocenters. The summed E-state index contributed by atoms with van der Waals surface area (Å²) in [6.45, 7) is 7.16. The summed E-state index contributed by atoms with van der Waals surface area (Å²) in [7, 11) is 1.60. The summed E-state index contributed by atoms with van der Waals surface area (Å²) < 4.78 is 46.5. The Hall–Kier alpha value is -2.49. The zero-order valence-electron chi connectivity index (χ0n) is 19.7. The van der Waals surface area contributed by atoms with Gasteiger partial charge in [0.2, 0.25) is 5.91 Å². The van der Waals surface area contributed by atoms with E-state index in [1.54, 1.807) is 37.2 Å². The molecule has 1 aromatic heterocycles. The minimum atomic E-state index is -4.75. The van der Waals surface area contributed by atoms with E-state index >= 15 is 0 Å². The van der Waals surface area contributed by atoms with Crippen molar-refractivity contribution in [1.29, 1.82) is 0 Å². The van der Waals surface area contributed by atoms with Gasteiger partial charge in [-0.15, -0.1) is 11.6 Å². The molecule has 0 aliphatic carbocycles. The molecular formula is C24H29Cl2F3N4O2. The van der Waals surface area contributed by atoms with Gasteiger partial charge < -0.3 is 14.5 Å². The maximum atomic E-state index is 13.5. The van der Waals surface area contributed by atoms with Crippen molar-refractivity contribution in [2.45, 2.75) is 19.6 Å². The molecule has 0 N–H and O–H groups in total. The lowest BCUT2D eigenvalue weighted by Crippen LogP contribution is -2.49. The predicted molar refractivity (Wildman–Crippen MR) is 133 cm³/mol. The van der Waals surface area contributed by atoms with Crippen LogP contribution in [0.15, 0.2) is 54.8 Å². The first-order chi connectivity index (χ1) is 16.6. The first-order valence-corrected chi connectivity index (χ1v) is 11.8. The van der Waals surface area contributed by atoms with Crippen molar-refractivity contribution in [3.63, 3.8) is 0 Å². The molecule has 1 aromatic rings. The largest absolute Gasteiger partial charge is 0.436 e. The second-order valence-corrected chi connectivity index (χ2v) is 8.33. The monoisotopic (exact) mass is 532 g/mol. The average molecular weight is 533 g/mol. The number of hydrogen-bond donors (Lipinski definition) is 0. The Labute approximate surface area is 213 Å². The van der Waals surface area contributed by atoms with Crippen LogP contribution < -0.4 is 0 Å². The third-order valence-electron chi connectivity index (χ3n) is 5.25. The molecule has 1 saturated heterocycles. The van der Waals surface area contributed by atoms with E-state index in [1.165, 1.54) is 6.08 Å². The van der Waals surface area contributed by atoms with Crippen molar-refractivity contribution in [1.82, 2.24) is 19.6 Å². The third kappa shape index (κ3) is 8.02. The fourth-order valence-corrected chi connectivity index (χ4v) is 4.03. The topological polar surface area (TPSA) is 50.6 Å². The highest BCUT2D eigenvalue weighted by atomic mass is 35.5. The van der Waals surface area contributed by atoms with E-state index < -0.39 is 16.9 Å². The van der Waals surface area contributed by atoms with Crippen molar-refractivity contribution in [2.75, 3.05) is 45.8 Å². The van der Waals surface area contributed by atoms with Gasteiger partial charge in [-0.1, -0.05) is 48.6 Å². The van der Waals surface area contributed by atoms with Crippen molar-refractivity contribution in [3.8, 4) is 0 Å². The van der Waals surface area contributed by atoms with Gasteiger partial charge in [-0.05, 0) is 24.6 Å². The van der Waals surface area contributed by atoms with E-state index in [1.807, 2.05) is 18.2 Å². The summed E-state index contributed by atoms with van der Waals surface area (Å²) in [5.41, 5.74) is 0.207. The van der Waals surface area contributed by atoms with Gasteiger partial charge in [0.1, 0.15) is 6.54 Å². The highest BCUT2D eigenvalue weighted by Gasteiger charge is 2.39. The number of allylic oxidation sites excluding steroid dienone is 7. The van der Waals surface area contributed by atoms with E-state index in [9.17, 15) is 18.0 Å². The van der Waals surface area contributed by atoms with Gasteiger partial charge in [0.05, 0.1) is 17.3 Å². The Morgan fingerprint density at radius 3 is 2.43 bits per heavy atom. The molecule has 0 unspecified atom stereocenters. The molecule has 1 fully saturated rings. The first kappa shape index (κ1) is 28.7. The minimum absolute atomic E-state index is 0.0516. The predicted octanol–water partition coefficient (Wildman–Crippen LogP) is 5.17. The molecule has 192 valence electrons. The zero-order valence-corrected chi connectivity index (χ0v) is 21.2. The van der Waals surface area contributed by atoms with Gasteiger partial charge in [0, 0.05) is 44.9 Å². The standard InChI is InChI=1S/C24H29Cl2F3N4O2/c1-4-5-6-8-18(2)22-21(26)23(24(27,28)29)30-33(22)17-20(34)32-14-12-31(13-15-32)19(9-7-11-25)10-16-35-3/h4-10H,1,11-17H2,2-3H3/b6-5-,9-7-,18-8+,19-10+. The Bertz CT molecular complexity index is 1010. The number of hydrogen-bond acceptors (Lipinski definition) is 4. The van der Waals surface area contributed by atoms with E-state index in [-0.39, 0.29) is 18.1 Å². The molecule has 1 aliphatic heterocycles. The average Bonchev–Trinajstić information content (AvgIpc) is 3.15. The van der Waals surface area contributed by atoms with Crippen LogP contribution in [0.4, 0.5) is 13.2 Å². The molecule has 11 heteroatoms. The molecule has 6 nitrogen and oxygen atoms in total. The third-order valence-corrected chi connectivity index (χ3v) is 5.79. The van der Waals surface area contributed by atoms with Gasteiger partial charge in [-0.2, -0.15) is 18.3 Å². The number of piperazine rings is 1. The fourth-order valence-electron chi connectivity index (χ4n) is 3.55. The Morgan fingerprint density at radius 2 is 1.86 bits per heavy atom. The summed E-state index contributed by atoms with van der Waals surface area (Å²) in [4.78, 5) is 16.7. The summed E-state index contributed by atoms with van der Waals surface area (Å²) in [6.07, 6.45) is 7.28. The molecule has 2 rings (SSSR count). The van der Waals surface area contributed by atoms with Gasteiger partial charge in [0.25, 0.3) is 0 Å². The normalized spacial score (nSPS) is 16.1. The summed E-state index contributed by atoms with van der Waals surface area (Å²) in [5.74, 6) is 0.0289. The zero-order chi connectivity index (χ0) is 26.0. The number of carbonyl (C=O) groups is 1. The number of nitrogens with zero attached hydrogens (tertiary/aromatic N) is 4. The number of alkyl halides is 4. The Morgan fingerprint density at radius 1 is 1.20 bits per heavy atom. The van der Waals surface area contributed by atoms with Crippen LogP contribution in [-0.4, -0.2) is 71.3 Å². The number of ether oxygens (including phenoxy) is 1. The SMILES string of the molecule is C=C/C=C\C=C(/C)c1c(Cl)c(C(F)(F)F)nn1CC(=O)N1CCN(C(/C=C\CCl)=C/COC)CC1. The van der Waals surface area contributed by atoms with Crippen LogP contribution in [0.3, 0.4) is 0 Å². The van der Waals surface area contributed by atoms with Crippen LogP contribution in [-0.2, 0) is 22.3 Å². The summed E-state index contributed by atoms with van der Waals surface area (Å²) >= 11 is 11.8. The van der Waals surface area contributed by atoms with Crippen LogP contribution >= 0.6 is 23.2 Å². The molecular weight excluding hydrogens is 504 g/mol. The van der Waals surface area contributed by atoms with Crippen molar-refractivity contribution in [3.05, 3.63) is 71.2 Å². The molecule has 0 bridgehead atoms. The van der Waals surface area contributed by atoms with Gasteiger partial charge in [0.15, 0.2) is 5.69 Å². The van der Waals surface area contributed by atoms with Gasteiger partial charge in [-0.3, -0.25) is 9.48 Å². The lowest BCUT2D eigenvalue weighted by atomic mass is 10.1. The number of aromatic nitrogens is 2. The maximum absolute atomic E-state index is 13.5. The highest BCUT2D eigenvalue weighted by Crippen LogP contribution is 2.38. The Kier molecular flexibility index (Phi) is 11.1. The van der Waals surface area contributed by atoms with E-state index in [2.05, 4.69) is 16.6 Å². The number of methoxy groups -OCH3 is 1. The molecule has 35 heavy (non-hydrogen) atoms. The van der Waals surface area contributed by atoms with Crippen LogP contribution in [0.5, 0.6) is 0 Å². The highest BCUT2D eigenvalue weighted by molar-refractivity contribution is 6.33. The smallest absolute Gasteiger partial charge is 0.381 e. The molecule has 0 saturated carbocycles. The lowest BCUT2D eigenvalue weighted by molar-refractivity contribution is -0.142.